The van der Waals surface area contributed by atoms with Gasteiger partial charge in [0.1, 0.15) is 5.69 Å². The van der Waals surface area contributed by atoms with Gasteiger partial charge in [-0.25, -0.2) is 14.8 Å². The van der Waals surface area contributed by atoms with Gasteiger partial charge in [-0.05, 0) is 36.4 Å². The largest absolute Gasteiger partial charge is 0.368 e. The van der Waals surface area contributed by atoms with Gasteiger partial charge in [0.15, 0.2) is 0 Å². The van der Waals surface area contributed by atoms with E-state index in [0.29, 0.717) is 40.3 Å². The first-order chi connectivity index (χ1) is 17.5. The van der Waals surface area contributed by atoms with Crippen molar-refractivity contribution in [2.75, 3.05) is 22.9 Å². The molecule has 0 aliphatic carbocycles. The summed E-state index contributed by atoms with van der Waals surface area (Å²) in [5.41, 5.74) is 11.3. The van der Waals surface area contributed by atoms with E-state index in [-0.39, 0.29) is 17.9 Å². The molecule has 0 fully saturated rings. The molecule has 9 nitrogen and oxygen atoms in total. The normalized spacial score (nSPS) is 12.1. The van der Waals surface area contributed by atoms with E-state index in [4.69, 9.17) is 5.73 Å². The number of carbonyl (C=O) groups excluding carboxylic acids is 2. The maximum absolute atomic E-state index is 12.3. The van der Waals surface area contributed by atoms with Crippen LogP contribution in [0.5, 0.6) is 0 Å². The average Bonchev–Trinajstić information content (AvgIpc) is 3.21. The third-order valence-corrected chi connectivity index (χ3v) is 5.79. The Morgan fingerprint density at radius 2 is 1.83 bits per heavy atom. The molecule has 1 aliphatic rings. The zero-order valence-corrected chi connectivity index (χ0v) is 19.5. The highest BCUT2D eigenvalue weighted by Crippen LogP contribution is 2.28. The second-order valence-corrected chi connectivity index (χ2v) is 8.22. The molecule has 5 rings (SSSR count). The molecule has 9 heteroatoms. The summed E-state index contributed by atoms with van der Waals surface area (Å²) >= 11 is 0. The minimum absolute atomic E-state index is 0.103. The number of hydrogen-bond donors (Lipinski definition) is 4. The zero-order valence-electron chi connectivity index (χ0n) is 19.5. The fourth-order valence-corrected chi connectivity index (χ4v) is 4.07. The number of carbonyl (C=O) groups is 2. The minimum atomic E-state index is -0.350. The minimum Gasteiger partial charge on any atom is -0.368 e. The summed E-state index contributed by atoms with van der Waals surface area (Å²) < 4.78 is 1.96. The van der Waals surface area contributed by atoms with Crippen molar-refractivity contribution >= 4 is 29.3 Å². The summed E-state index contributed by atoms with van der Waals surface area (Å²) in [6, 6.07) is 17.9. The van der Waals surface area contributed by atoms with E-state index in [0.717, 1.165) is 17.8 Å². The van der Waals surface area contributed by atoms with Crippen molar-refractivity contribution in [1.82, 2.24) is 19.9 Å². The molecular formula is C27H23N7O2. The Balaban J connectivity index is 1.41. The van der Waals surface area contributed by atoms with Crippen LogP contribution in [0.15, 0.2) is 66.9 Å². The first-order valence-electron chi connectivity index (χ1n) is 11.3. The Bertz CT molecular complexity index is 1530. The number of aromatic nitrogens is 3. The van der Waals surface area contributed by atoms with Gasteiger partial charge >= 0.3 is 6.03 Å². The van der Waals surface area contributed by atoms with Gasteiger partial charge in [0.05, 0.1) is 16.8 Å². The lowest BCUT2D eigenvalue weighted by Gasteiger charge is -2.14. The lowest BCUT2D eigenvalue weighted by atomic mass is 10.1. The van der Waals surface area contributed by atoms with Crippen LogP contribution >= 0.6 is 0 Å². The summed E-state index contributed by atoms with van der Waals surface area (Å²) in [6.45, 7) is 0.593. The number of fused-ring (bicyclic) bond motifs is 1. The van der Waals surface area contributed by atoms with Gasteiger partial charge in [-0.15, -0.1) is 0 Å². The Morgan fingerprint density at radius 1 is 1.06 bits per heavy atom. The molecule has 0 bridgehead atoms. The monoisotopic (exact) mass is 477 g/mol. The summed E-state index contributed by atoms with van der Waals surface area (Å²) in [5.74, 6) is 6.25. The number of urea groups is 1. The Hall–Kier alpha value is -5.10. The molecule has 3 amide bonds. The van der Waals surface area contributed by atoms with E-state index < -0.39 is 0 Å². The standard InChI is InChI=1S/C27H23N7O2/c1-34-22-12-13-29-25(35)21(22)15-23(34)24-18(16-30-26(28)33-24)11-10-17-6-5-9-20(14-17)32-27(36)31-19-7-3-2-4-8-19/h2-9,14-16H,12-13H2,1H3,(H,29,35)(H2,28,30,33)(H2,31,32,36). The molecule has 0 radical (unpaired) electrons. The lowest BCUT2D eigenvalue weighted by Crippen LogP contribution is -2.31. The first-order valence-corrected chi connectivity index (χ1v) is 11.3. The molecule has 2 aromatic heterocycles. The molecule has 4 aromatic rings. The summed E-state index contributed by atoms with van der Waals surface area (Å²) in [5, 5.41) is 8.46. The number of hydrogen-bond acceptors (Lipinski definition) is 5. The van der Waals surface area contributed by atoms with Gasteiger partial charge in [-0.2, -0.15) is 0 Å². The summed E-state index contributed by atoms with van der Waals surface area (Å²) in [4.78, 5) is 33.2. The Labute approximate surface area is 207 Å². The van der Waals surface area contributed by atoms with Crippen molar-refractivity contribution in [3.8, 4) is 23.2 Å². The van der Waals surface area contributed by atoms with E-state index in [2.05, 4.69) is 37.8 Å². The second kappa shape index (κ2) is 9.64. The van der Waals surface area contributed by atoms with Crippen LogP contribution in [0.2, 0.25) is 0 Å². The van der Waals surface area contributed by atoms with Crippen molar-refractivity contribution in [3.05, 3.63) is 89.2 Å². The number of nitrogen functional groups attached to an aromatic ring is 1. The third kappa shape index (κ3) is 4.74. The number of rotatable bonds is 3. The van der Waals surface area contributed by atoms with Gasteiger partial charge in [0.25, 0.3) is 5.91 Å². The topological polar surface area (TPSA) is 127 Å². The first kappa shape index (κ1) is 22.7. The van der Waals surface area contributed by atoms with Crippen molar-refractivity contribution in [3.63, 3.8) is 0 Å². The number of nitrogens with zero attached hydrogens (tertiary/aromatic N) is 3. The van der Waals surface area contributed by atoms with Crippen LogP contribution in [-0.4, -0.2) is 33.0 Å². The van der Waals surface area contributed by atoms with Gasteiger partial charge < -0.3 is 26.3 Å². The quantitative estimate of drug-likeness (QED) is 0.337. The van der Waals surface area contributed by atoms with Crippen LogP contribution in [0.1, 0.15) is 27.2 Å². The molecule has 2 aromatic carbocycles. The molecule has 0 unspecified atom stereocenters. The predicted molar refractivity (Wildman–Crippen MR) is 138 cm³/mol. The molecular weight excluding hydrogens is 454 g/mol. The Kier molecular flexibility index (Phi) is 6.07. The van der Waals surface area contributed by atoms with Crippen LogP contribution in [0.4, 0.5) is 22.1 Å². The number of benzene rings is 2. The second-order valence-electron chi connectivity index (χ2n) is 8.22. The molecule has 36 heavy (non-hydrogen) atoms. The molecule has 178 valence electrons. The van der Waals surface area contributed by atoms with E-state index in [1.807, 2.05) is 60.1 Å². The van der Waals surface area contributed by atoms with E-state index in [1.165, 1.54) is 0 Å². The SMILES string of the molecule is Cn1c(-c2nc(N)ncc2C#Cc2cccc(NC(=O)Nc3ccccc3)c2)cc2c1CCNC2=O. The molecule has 3 heterocycles. The van der Waals surface area contributed by atoms with E-state index >= 15 is 0 Å². The van der Waals surface area contributed by atoms with Crippen LogP contribution in [-0.2, 0) is 13.5 Å². The molecule has 0 saturated carbocycles. The number of nitrogens with one attached hydrogen (secondary N) is 3. The van der Waals surface area contributed by atoms with Crippen molar-refractivity contribution in [2.45, 2.75) is 6.42 Å². The van der Waals surface area contributed by atoms with Gasteiger partial charge in [0.2, 0.25) is 5.95 Å². The number of para-hydroxylation sites is 1. The van der Waals surface area contributed by atoms with Gasteiger partial charge in [0, 0.05) is 48.8 Å². The third-order valence-electron chi connectivity index (χ3n) is 5.79. The number of amides is 3. The maximum atomic E-state index is 12.3. The molecule has 5 N–H and O–H groups in total. The van der Waals surface area contributed by atoms with Gasteiger partial charge in [-0.3, -0.25) is 4.79 Å². The predicted octanol–water partition coefficient (Wildman–Crippen LogP) is 3.39. The highest BCUT2D eigenvalue weighted by Gasteiger charge is 2.24. The fraction of sp³-hybridized carbons (Fsp3) is 0.111. The smallest absolute Gasteiger partial charge is 0.323 e. The van der Waals surface area contributed by atoms with Crippen LogP contribution < -0.4 is 21.7 Å². The highest BCUT2D eigenvalue weighted by molar-refractivity contribution is 6.00. The number of anilines is 3. The highest BCUT2D eigenvalue weighted by atomic mass is 16.2. The van der Waals surface area contributed by atoms with Crippen LogP contribution in [0, 0.1) is 11.8 Å². The van der Waals surface area contributed by atoms with Gasteiger partial charge in [-0.1, -0.05) is 36.1 Å². The molecule has 0 spiro atoms. The molecule has 0 saturated heterocycles. The van der Waals surface area contributed by atoms with Crippen LogP contribution in [0.25, 0.3) is 11.4 Å². The molecule has 0 atom stereocenters. The van der Waals surface area contributed by atoms with Crippen molar-refractivity contribution in [1.29, 1.82) is 0 Å². The zero-order chi connectivity index (χ0) is 25.1. The van der Waals surface area contributed by atoms with E-state index in [9.17, 15) is 9.59 Å². The van der Waals surface area contributed by atoms with Crippen molar-refractivity contribution in [2.24, 2.45) is 7.05 Å². The summed E-state index contributed by atoms with van der Waals surface area (Å²) in [7, 11) is 1.90. The fourth-order valence-electron chi connectivity index (χ4n) is 4.07. The average molecular weight is 478 g/mol. The van der Waals surface area contributed by atoms with Crippen LogP contribution in [0.3, 0.4) is 0 Å². The maximum Gasteiger partial charge on any atom is 0.323 e. The molecule has 1 aliphatic heterocycles. The van der Waals surface area contributed by atoms with Crippen molar-refractivity contribution < 1.29 is 9.59 Å². The van der Waals surface area contributed by atoms with E-state index in [1.54, 1.807) is 18.3 Å². The lowest BCUT2D eigenvalue weighted by molar-refractivity contribution is 0.0945. The number of nitrogens with two attached hydrogens (primary N) is 1. The Morgan fingerprint density at radius 3 is 2.64 bits per heavy atom. The summed E-state index contributed by atoms with van der Waals surface area (Å²) in [6.07, 6.45) is 2.31.